The van der Waals surface area contributed by atoms with Crippen molar-refractivity contribution in [1.82, 2.24) is 9.80 Å². The van der Waals surface area contributed by atoms with Crippen LogP contribution in [0.5, 0.6) is 0 Å². The number of amides is 1. The maximum atomic E-state index is 12.2. The molecular formula is C14H27N3O. The molecule has 4 heteroatoms. The number of nitrogens with zero attached hydrogens (tertiary/aromatic N) is 2. The van der Waals surface area contributed by atoms with Gasteiger partial charge in [-0.2, -0.15) is 0 Å². The average molecular weight is 253 g/mol. The van der Waals surface area contributed by atoms with Gasteiger partial charge in [-0.05, 0) is 38.1 Å². The van der Waals surface area contributed by atoms with Crippen molar-refractivity contribution in [3.8, 4) is 0 Å². The lowest BCUT2D eigenvalue weighted by Crippen LogP contribution is -2.48. The van der Waals surface area contributed by atoms with Crippen LogP contribution in [0.15, 0.2) is 0 Å². The lowest BCUT2D eigenvalue weighted by molar-refractivity contribution is -0.134. The maximum absolute atomic E-state index is 12.2. The first-order valence-corrected chi connectivity index (χ1v) is 7.44. The quantitative estimate of drug-likeness (QED) is 0.818. The molecule has 1 saturated heterocycles. The minimum atomic E-state index is 0.367. The first kappa shape index (κ1) is 13.8. The second-order valence-corrected chi connectivity index (χ2v) is 5.80. The summed E-state index contributed by atoms with van der Waals surface area (Å²) in [6.07, 6.45) is 5.23. The van der Waals surface area contributed by atoms with Gasteiger partial charge in [0.05, 0.1) is 0 Å². The fourth-order valence-corrected chi connectivity index (χ4v) is 3.08. The maximum Gasteiger partial charge on any atom is 0.222 e. The SMILES string of the molecule is CCN1CCN(C(=O)CC2CCC(N)CC2)CC1. The molecule has 18 heavy (non-hydrogen) atoms. The molecule has 1 amide bonds. The molecule has 2 N–H and O–H groups in total. The zero-order valence-corrected chi connectivity index (χ0v) is 11.6. The van der Waals surface area contributed by atoms with Crippen molar-refractivity contribution in [2.45, 2.75) is 45.1 Å². The van der Waals surface area contributed by atoms with Crippen LogP contribution in [0, 0.1) is 5.92 Å². The van der Waals surface area contributed by atoms with E-state index < -0.39 is 0 Å². The van der Waals surface area contributed by atoms with E-state index in [0.29, 0.717) is 17.9 Å². The van der Waals surface area contributed by atoms with Gasteiger partial charge < -0.3 is 15.5 Å². The highest BCUT2D eigenvalue weighted by Crippen LogP contribution is 2.26. The minimum absolute atomic E-state index is 0.367. The molecule has 0 atom stereocenters. The third-order valence-electron chi connectivity index (χ3n) is 4.53. The zero-order chi connectivity index (χ0) is 13.0. The molecule has 104 valence electrons. The van der Waals surface area contributed by atoms with E-state index in [4.69, 9.17) is 5.73 Å². The molecule has 0 bridgehead atoms. The summed E-state index contributed by atoms with van der Waals surface area (Å²) in [6.45, 7) is 7.19. The predicted octanol–water partition coefficient (Wildman–Crippen LogP) is 1.06. The van der Waals surface area contributed by atoms with Gasteiger partial charge in [-0.25, -0.2) is 0 Å². The highest BCUT2D eigenvalue weighted by atomic mass is 16.2. The van der Waals surface area contributed by atoms with Crippen LogP contribution in [0.25, 0.3) is 0 Å². The smallest absolute Gasteiger partial charge is 0.222 e. The standard InChI is InChI=1S/C14H27N3O/c1-2-16-7-9-17(10-8-16)14(18)11-12-3-5-13(15)6-4-12/h12-13H,2-11,15H2,1H3. The summed E-state index contributed by atoms with van der Waals surface area (Å²) in [4.78, 5) is 16.7. The van der Waals surface area contributed by atoms with Gasteiger partial charge in [0.2, 0.25) is 5.91 Å². The van der Waals surface area contributed by atoms with Gasteiger partial charge in [-0.1, -0.05) is 6.92 Å². The summed E-state index contributed by atoms with van der Waals surface area (Å²) in [5.74, 6) is 0.952. The van der Waals surface area contributed by atoms with Crippen LogP contribution >= 0.6 is 0 Å². The molecule has 0 aromatic rings. The molecule has 2 aliphatic rings. The summed E-state index contributed by atoms with van der Waals surface area (Å²) in [5.41, 5.74) is 5.90. The fourth-order valence-electron chi connectivity index (χ4n) is 3.08. The number of hydrogen-bond donors (Lipinski definition) is 1. The number of hydrogen-bond acceptors (Lipinski definition) is 3. The Morgan fingerprint density at radius 3 is 2.28 bits per heavy atom. The van der Waals surface area contributed by atoms with E-state index in [-0.39, 0.29) is 0 Å². The summed E-state index contributed by atoms with van der Waals surface area (Å²) in [7, 11) is 0. The predicted molar refractivity (Wildman–Crippen MR) is 73.2 cm³/mol. The Morgan fingerprint density at radius 2 is 1.72 bits per heavy atom. The first-order chi connectivity index (χ1) is 8.69. The molecule has 2 fully saturated rings. The lowest BCUT2D eigenvalue weighted by atomic mass is 9.84. The topological polar surface area (TPSA) is 49.6 Å². The van der Waals surface area contributed by atoms with Gasteiger partial charge in [0, 0.05) is 38.6 Å². The van der Waals surface area contributed by atoms with E-state index in [0.717, 1.165) is 64.8 Å². The van der Waals surface area contributed by atoms with Crippen LogP contribution in [0.2, 0.25) is 0 Å². The normalized spacial score (nSPS) is 30.4. The number of likely N-dealkylation sites (N-methyl/N-ethyl adjacent to an activating group) is 1. The van der Waals surface area contributed by atoms with Crippen LogP contribution in [-0.4, -0.2) is 54.5 Å². The molecule has 1 heterocycles. The molecule has 1 aliphatic heterocycles. The van der Waals surface area contributed by atoms with Gasteiger partial charge in [-0.15, -0.1) is 0 Å². The Hall–Kier alpha value is -0.610. The summed E-state index contributed by atoms with van der Waals surface area (Å²) in [6, 6.07) is 0.379. The second-order valence-electron chi connectivity index (χ2n) is 5.80. The highest BCUT2D eigenvalue weighted by molar-refractivity contribution is 5.76. The van der Waals surface area contributed by atoms with E-state index in [2.05, 4.69) is 16.7 Å². The number of carbonyl (C=O) groups is 1. The monoisotopic (exact) mass is 253 g/mol. The second kappa shape index (κ2) is 6.53. The van der Waals surface area contributed by atoms with Crippen LogP contribution < -0.4 is 5.73 Å². The number of nitrogens with two attached hydrogens (primary N) is 1. The van der Waals surface area contributed by atoms with E-state index in [9.17, 15) is 4.79 Å². The van der Waals surface area contributed by atoms with E-state index in [1.54, 1.807) is 0 Å². The lowest BCUT2D eigenvalue weighted by Gasteiger charge is -2.35. The summed E-state index contributed by atoms with van der Waals surface area (Å²) >= 11 is 0. The molecule has 1 aliphatic carbocycles. The van der Waals surface area contributed by atoms with Crippen LogP contribution in [0.3, 0.4) is 0 Å². The Kier molecular flexibility index (Phi) is 5.01. The molecule has 2 rings (SSSR count). The van der Waals surface area contributed by atoms with E-state index >= 15 is 0 Å². The fraction of sp³-hybridized carbons (Fsp3) is 0.929. The molecule has 0 aromatic carbocycles. The molecule has 0 spiro atoms. The zero-order valence-electron chi connectivity index (χ0n) is 11.6. The molecule has 0 unspecified atom stereocenters. The molecule has 0 radical (unpaired) electrons. The number of piperazine rings is 1. The van der Waals surface area contributed by atoms with Crippen molar-refractivity contribution in [3.63, 3.8) is 0 Å². The van der Waals surface area contributed by atoms with Crippen LogP contribution in [0.1, 0.15) is 39.0 Å². The first-order valence-electron chi connectivity index (χ1n) is 7.44. The van der Waals surface area contributed by atoms with E-state index in [1.807, 2.05) is 0 Å². The van der Waals surface area contributed by atoms with Gasteiger partial charge >= 0.3 is 0 Å². The van der Waals surface area contributed by atoms with Gasteiger partial charge in [0.1, 0.15) is 0 Å². The number of carbonyl (C=O) groups excluding carboxylic acids is 1. The van der Waals surface area contributed by atoms with E-state index in [1.165, 1.54) is 0 Å². The van der Waals surface area contributed by atoms with Crippen molar-refractivity contribution in [1.29, 1.82) is 0 Å². The van der Waals surface area contributed by atoms with Crippen molar-refractivity contribution in [2.75, 3.05) is 32.7 Å². The van der Waals surface area contributed by atoms with Crippen molar-refractivity contribution in [3.05, 3.63) is 0 Å². The van der Waals surface area contributed by atoms with Crippen molar-refractivity contribution in [2.24, 2.45) is 11.7 Å². The van der Waals surface area contributed by atoms with Gasteiger partial charge in [0.25, 0.3) is 0 Å². The summed E-state index contributed by atoms with van der Waals surface area (Å²) in [5, 5.41) is 0. The Morgan fingerprint density at radius 1 is 1.11 bits per heavy atom. The van der Waals surface area contributed by atoms with Crippen molar-refractivity contribution >= 4 is 5.91 Å². The van der Waals surface area contributed by atoms with Crippen LogP contribution in [0.4, 0.5) is 0 Å². The Bertz CT molecular complexity index is 266. The van der Waals surface area contributed by atoms with Gasteiger partial charge in [0.15, 0.2) is 0 Å². The van der Waals surface area contributed by atoms with Gasteiger partial charge in [-0.3, -0.25) is 4.79 Å². The highest BCUT2D eigenvalue weighted by Gasteiger charge is 2.25. The largest absolute Gasteiger partial charge is 0.340 e. The summed E-state index contributed by atoms with van der Waals surface area (Å²) < 4.78 is 0. The molecule has 0 aromatic heterocycles. The number of rotatable bonds is 3. The minimum Gasteiger partial charge on any atom is -0.340 e. The average Bonchev–Trinajstić information content (AvgIpc) is 2.41. The molecule has 1 saturated carbocycles. The molecular weight excluding hydrogens is 226 g/mol. The third kappa shape index (κ3) is 3.69. The molecule has 4 nitrogen and oxygen atoms in total. The van der Waals surface area contributed by atoms with Crippen LogP contribution in [-0.2, 0) is 4.79 Å². The Balaban J connectivity index is 1.72. The van der Waals surface area contributed by atoms with Crippen molar-refractivity contribution < 1.29 is 4.79 Å². The third-order valence-corrected chi connectivity index (χ3v) is 4.53. The Labute approximate surface area is 110 Å².